The molecule has 0 amide bonds. The Hall–Kier alpha value is -0.570. The van der Waals surface area contributed by atoms with Crippen molar-refractivity contribution in [3.05, 3.63) is 28.5 Å². The predicted octanol–water partition coefficient (Wildman–Crippen LogP) is 4.97. The van der Waals surface area contributed by atoms with Gasteiger partial charge in [0, 0.05) is 10.5 Å². The zero-order valence-corrected chi connectivity index (χ0v) is 11.8. The van der Waals surface area contributed by atoms with E-state index in [1.54, 1.807) is 12.1 Å². The number of hydrogen-bond acceptors (Lipinski definition) is 1. The Labute approximate surface area is 111 Å². The number of hydrogen-bond donors (Lipinski definition) is 1. The van der Waals surface area contributed by atoms with Gasteiger partial charge in [0.1, 0.15) is 5.82 Å². The molecule has 1 N–H and O–H groups in total. The Balaban J connectivity index is 2.10. The largest absolute Gasteiger partial charge is 0.381 e. The molecule has 94 valence electrons. The molecule has 1 aromatic carbocycles. The minimum atomic E-state index is -0.181. The molecule has 0 heterocycles. The molecule has 1 fully saturated rings. The standard InChI is InChI=1S/C14H19BrFN/c1-2-10-5-3-4-6-13(10)17-14-9-11(16)7-8-12(14)15/h7-10,13,17H,2-6H2,1H3. The summed E-state index contributed by atoms with van der Waals surface area (Å²) in [6.45, 7) is 2.24. The molecule has 0 aliphatic heterocycles. The molecule has 3 heteroatoms. The fourth-order valence-electron chi connectivity index (χ4n) is 2.69. The van der Waals surface area contributed by atoms with Gasteiger partial charge in [0.25, 0.3) is 0 Å². The van der Waals surface area contributed by atoms with Crippen molar-refractivity contribution in [2.75, 3.05) is 5.32 Å². The Morgan fingerprint density at radius 2 is 2.12 bits per heavy atom. The van der Waals surface area contributed by atoms with E-state index in [0.717, 1.165) is 16.1 Å². The van der Waals surface area contributed by atoms with Crippen molar-refractivity contribution in [2.24, 2.45) is 5.92 Å². The fourth-order valence-corrected chi connectivity index (χ4v) is 3.06. The lowest BCUT2D eigenvalue weighted by Crippen LogP contribution is -2.31. The second kappa shape index (κ2) is 5.85. The van der Waals surface area contributed by atoms with E-state index in [-0.39, 0.29) is 5.82 Å². The van der Waals surface area contributed by atoms with Crippen LogP contribution < -0.4 is 5.32 Å². The van der Waals surface area contributed by atoms with E-state index < -0.39 is 0 Å². The normalized spacial score (nSPS) is 24.6. The molecule has 2 rings (SSSR count). The lowest BCUT2D eigenvalue weighted by Gasteiger charge is -2.32. The number of rotatable bonds is 3. The number of anilines is 1. The van der Waals surface area contributed by atoms with Crippen molar-refractivity contribution in [2.45, 2.75) is 45.1 Å². The summed E-state index contributed by atoms with van der Waals surface area (Å²) in [5.74, 6) is 0.540. The van der Waals surface area contributed by atoms with Gasteiger partial charge in [0.15, 0.2) is 0 Å². The first-order valence-corrected chi connectivity index (χ1v) is 7.21. The molecule has 0 spiro atoms. The average molecular weight is 300 g/mol. The SMILES string of the molecule is CCC1CCCCC1Nc1cc(F)ccc1Br. The highest BCUT2D eigenvalue weighted by molar-refractivity contribution is 9.10. The molecule has 1 aliphatic rings. The van der Waals surface area contributed by atoms with E-state index in [2.05, 4.69) is 28.2 Å². The molecule has 0 radical (unpaired) electrons. The Morgan fingerprint density at radius 3 is 2.88 bits per heavy atom. The summed E-state index contributed by atoms with van der Waals surface area (Å²) in [7, 11) is 0. The van der Waals surface area contributed by atoms with Crippen LogP contribution >= 0.6 is 15.9 Å². The van der Waals surface area contributed by atoms with Crippen LogP contribution in [0.15, 0.2) is 22.7 Å². The summed E-state index contributed by atoms with van der Waals surface area (Å²) >= 11 is 3.47. The van der Waals surface area contributed by atoms with E-state index in [9.17, 15) is 4.39 Å². The van der Waals surface area contributed by atoms with E-state index in [1.165, 1.54) is 38.2 Å². The third kappa shape index (κ3) is 3.21. The van der Waals surface area contributed by atoms with Crippen LogP contribution in [0.25, 0.3) is 0 Å². The van der Waals surface area contributed by atoms with Gasteiger partial charge in [0.2, 0.25) is 0 Å². The van der Waals surface area contributed by atoms with Crippen molar-refractivity contribution in [3.63, 3.8) is 0 Å². The van der Waals surface area contributed by atoms with Gasteiger partial charge in [-0.25, -0.2) is 4.39 Å². The molecule has 1 aliphatic carbocycles. The monoisotopic (exact) mass is 299 g/mol. The van der Waals surface area contributed by atoms with Gasteiger partial charge in [-0.15, -0.1) is 0 Å². The van der Waals surface area contributed by atoms with Crippen LogP contribution in [0.2, 0.25) is 0 Å². The summed E-state index contributed by atoms with van der Waals surface area (Å²) < 4.78 is 14.2. The molecule has 0 bridgehead atoms. The van der Waals surface area contributed by atoms with Crippen LogP contribution in [0.5, 0.6) is 0 Å². The molecule has 1 saturated carbocycles. The lowest BCUT2D eigenvalue weighted by atomic mass is 9.83. The number of benzene rings is 1. The number of nitrogens with one attached hydrogen (secondary N) is 1. The van der Waals surface area contributed by atoms with Crippen LogP contribution in [-0.2, 0) is 0 Å². The van der Waals surface area contributed by atoms with Crippen LogP contribution in [0.4, 0.5) is 10.1 Å². The molecule has 0 aromatic heterocycles. The molecule has 1 aromatic rings. The quantitative estimate of drug-likeness (QED) is 0.831. The van der Waals surface area contributed by atoms with Crippen molar-refractivity contribution in [1.82, 2.24) is 0 Å². The predicted molar refractivity (Wildman–Crippen MR) is 73.8 cm³/mol. The summed E-state index contributed by atoms with van der Waals surface area (Å²) in [5, 5.41) is 3.50. The second-order valence-electron chi connectivity index (χ2n) is 4.83. The lowest BCUT2D eigenvalue weighted by molar-refractivity contribution is 0.317. The topological polar surface area (TPSA) is 12.0 Å². The molecular weight excluding hydrogens is 281 g/mol. The summed E-state index contributed by atoms with van der Waals surface area (Å²) in [5.41, 5.74) is 0.885. The fraction of sp³-hybridized carbons (Fsp3) is 0.571. The van der Waals surface area contributed by atoms with Crippen molar-refractivity contribution < 1.29 is 4.39 Å². The average Bonchev–Trinajstić information content (AvgIpc) is 2.34. The molecular formula is C14H19BrFN. The van der Waals surface area contributed by atoms with Gasteiger partial charge >= 0.3 is 0 Å². The van der Waals surface area contributed by atoms with Crippen LogP contribution in [0, 0.1) is 11.7 Å². The highest BCUT2D eigenvalue weighted by Crippen LogP contribution is 2.32. The summed E-state index contributed by atoms with van der Waals surface area (Å²) in [4.78, 5) is 0. The maximum Gasteiger partial charge on any atom is 0.125 e. The zero-order chi connectivity index (χ0) is 12.3. The van der Waals surface area contributed by atoms with Gasteiger partial charge in [-0.3, -0.25) is 0 Å². The van der Waals surface area contributed by atoms with Gasteiger partial charge < -0.3 is 5.32 Å². The van der Waals surface area contributed by atoms with Crippen molar-refractivity contribution in [3.8, 4) is 0 Å². The van der Waals surface area contributed by atoms with Gasteiger partial charge in [-0.1, -0.05) is 26.2 Å². The molecule has 17 heavy (non-hydrogen) atoms. The Kier molecular flexibility index (Phi) is 4.43. The maximum atomic E-state index is 13.2. The summed E-state index contributed by atoms with van der Waals surface area (Å²) in [6, 6.07) is 5.31. The van der Waals surface area contributed by atoms with Crippen LogP contribution in [-0.4, -0.2) is 6.04 Å². The van der Waals surface area contributed by atoms with E-state index in [4.69, 9.17) is 0 Å². The Morgan fingerprint density at radius 1 is 1.35 bits per heavy atom. The third-order valence-corrected chi connectivity index (χ3v) is 4.39. The highest BCUT2D eigenvalue weighted by atomic mass is 79.9. The minimum Gasteiger partial charge on any atom is -0.381 e. The summed E-state index contributed by atoms with van der Waals surface area (Å²) in [6.07, 6.45) is 6.30. The third-order valence-electron chi connectivity index (χ3n) is 3.70. The minimum absolute atomic E-state index is 0.181. The first-order chi connectivity index (χ1) is 8.20. The van der Waals surface area contributed by atoms with Crippen molar-refractivity contribution in [1.29, 1.82) is 0 Å². The Bertz CT molecular complexity index is 380. The maximum absolute atomic E-state index is 13.2. The molecule has 1 nitrogen and oxygen atoms in total. The number of halogens is 2. The van der Waals surface area contributed by atoms with Crippen molar-refractivity contribution >= 4 is 21.6 Å². The van der Waals surface area contributed by atoms with Crippen LogP contribution in [0.3, 0.4) is 0 Å². The van der Waals surface area contributed by atoms with E-state index >= 15 is 0 Å². The van der Waals surface area contributed by atoms with Gasteiger partial charge in [-0.05, 0) is 52.9 Å². The van der Waals surface area contributed by atoms with Gasteiger partial charge in [-0.2, -0.15) is 0 Å². The smallest absolute Gasteiger partial charge is 0.125 e. The van der Waals surface area contributed by atoms with E-state index in [1.807, 2.05) is 0 Å². The van der Waals surface area contributed by atoms with Gasteiger partial charge in [0.05, 0.1) is 5.69 Å². The highest BCUT2D eigenvalue weighted by Gasteiger charge is 2.23. The van der Waals surface area contributed by atoms with E-state index in [0.29, 0.717) is 6.04 Å². The van der Waals surface area contributed by atoms with Crippen LogP contribution in [0.1, 0.15) is 39.0 Å². The molecule has 0 saturated heterocycles. The first kappa shape index (κ1) is 12.9. The zero-order valence-electron chi connectivity index (χ0n) is 10.2. The first-order valence-electron chi connectivity index (χ1n) is 6.42. The molecule has 2 atom stereocenters. The molecule has 2 unspecified atom stereocenters. The second-order valence-corrected chi connectivity index (χ2v) is 5.68.